The number of para-hydroxylation sites is 2. The van der Waals surface area contributed by atoms with Gasteiger partial charge in [-0.2, -0.15) is 9.15 Å². The van der Waals surface area contributed by atoms with Crippen LogP contribution < -0.4 is 9.80 Å². The summed E-state index contributed by atoms with van der Waals surface area (Å²) >= 11 is 0. The summed E-state index contributed by atoms with van der Waals surface area (Å²) < 4.78 is 15.7. The number of likely N-dealkylation sites (N-methyl/N-ethyl adjacent to an activating group) is 2. The fraction of sp³-hybridized carbons (Fsp3) is 0.423. The number of halogens is 4. The Kier molecular flexibility index (Phi) is 20.0. The van der Waals surface area contributed by atoms with E-state index in [0.717, 1.165) is 52.6 Å². The Morgan fingerprint density at radius 1 is 0.556 bits per heavy atom. The molecule has 0 amide bonds. The Morgan fingerprint density at radius 2 is 0.905 bits per heavy atom. The molecule has 0 bridgehead atoms. The molecule has 340 valence electrons. The molecule has 0 N–H and O–H groups in total. The number of hydrogen-bond donors (Lipinski definition) is 0. The first-order valence-electron chi connectivity index (χ1n) is 22.5. The summed E-state index contributed by atoms with van der Waals surface area (Å²) in [5.41, 5.74) is 15.7. The predicted molar refractivity (Wildman–Crippen MR) is 273 cm³/mol. The van der Waals surface area contributed by atoms with Crippen LogP contribution in [-0.2, 0) is 31.1 Å². The van der Waals surface area contributed by atoms with Gasteiger partial charge < -0.3 is 19.3 Å². The number of anilines is 2. The van der Waals surface area contributed by atoms with Crippen LogP contribution in [-0.4, -0.2) is 87.3 Å². The van der Waals surface area contributed by atoms with Crippen molar-refractivity contribution in [2.45, 2.75) is 80.1 Å². The third-order valence-corrected chi connectivity index (χ3v) is 12.1. The Bertz CT molecular complexity index is 2120. The van der Waals surface area contributed by atoms with E-state index in [1.807, 2.05) is 13.8 Å². The molecule has 2 heterocycles. The van der Waals surface area contributed by atoms with Gasteiger partial charge in [0, 0.05) is 86.2 Å². The summed E-state index contributed by atoms with van der Waals surface area (Å²) in [6, 6.07) is 30.9. The van der Waals surface area contributed by atoms with Crippen LogP contribution in [0.25, 0.3) is 12.2 Å². The van der Waals surface area contributed by atoms with Gasteiger partial charge in [-0.05, 0) is 128 Å². The summed E-state index contributed by atoms with van der Waals surface area (Å²) in [6.45, 7) is 29.0. The van der Waals surface area contributed by atoms with E-state index >= 15 is 0 Å². The summed E-state index contributed by atoms with van der Waals surface area (Å²) in [7, 11) is 21.2. The Labute approximate surface area is 398 Å². The van der Waals surface area contributed by atoms with Gasteiger partial charge in [-0.3, -0.25) is 0 Å². The third kappa shape index (κ3) is 14.0. The average Bonchev–Trinajstić information content (AvgIpc) is 3.56. The van der Waals surface area contributed by atoms with Crippen molar-refractivity contribution >= 4 is 85.1 Å². The fourth-order valence-electron chi connectivity index (χ4n) is 8.61. The molecule has 63 heavy (non-hydrogen) atoms. The van der Waals surface area contributed by atoms with Crippen LogP contribution in [0, 0.1) is 13.8 Å². The van der Waals surface area contributed by atoms with E-state index in [4.69, 9.17) is 48.2 Å². The molecule has 0 aromatic heterocycles. The van der Waals surface area contributed by atoms with Gasteiger partial charge in [-0.15, -0.1) is 0 Å². The van der Waals surface area contributed by atoms with Gasteiger partial charge in [0.2, 0.25) is 11.4 Å². The molecule has 11 heteroatoms. The second-order valence-electron chi connectivity index (χ2n) is 17.1. The van der Waals surface area contributed by atoms with Crippen LogP contribution in [0.3, 0.4) is 0 Å². The molecule has 0 spiro atoms. The number of rotatable bonds is 16. The van der Waals surface area contributed by atoms with Crippen molar-refractivity contribution in [3.63, 3.8) is 0 Å². The van der Waals surface area contributed by atoms with E-state index in [1.165, 1.54) is 67.6 Å². The van der Waals surface area contributed by atoms with Crippen molar-refractivity contribution in [3.8, 4) is 0 Å². The second kappa shape index (κ2) is 24.0. The first kappa shape index (κ1) is 52.6. The summed E-state index contributed by atoms with van der Waals surface area (Å²) in [6.07, 6.45) is 9.09. The van der Waals surface area contributed by atoms with Crippen molar-refractivity contribution in [1.29, 1.82) is 0 Å². The van der Waals surface area contributed by atoms with Crippen molar-refractivity contribution in [2.75, 3.05) is 76.5 Å². The maximum atomic E-state index is 5.53. The zero-order valence-corrected chi connectivity index (χ0v) is 45.9. The van der Waals surface area contributed by atoms with E-state index < -0.39 is 10.8 Å². The Hall–Kier alpha value is -3.00. The number of nitrogens with zero attached hydrogens (tertiary/aromatic N) is 4. The van der Waals surface area contributed by atoms with Gasteiger partial charge in [0.05, 0.1) is 24.0 Å². The number of allylic oxidation sites excluding steroid dienone is 2. The molecule has 0 aliphatic carbocycles. The van der Waals surface area contributed by atoms with Crippen LogP contribution in [0.5, 0.6) is 0 Å². The van der Waals surface area contributed by atoms with Crippen molar-refractivity contribution in [1.82, 2.24) is 0 Å². The summed E-state index contributed by atoms with van der Waals surface area (Å²) in [4.78, 5) is 4.74. The van der Waals surface area contributed by atoms with Gasteiger partial charge in [-0.25, -0.2) is 0 Å². The first-order valence-corrected chi connectivity index (χ1v) is 38.1. The molecule has 0 saturated carbocycles. The number of ether oxygens (including phenoxy) is 2. The molecular formula is C52H70Cl4N4O2Zn. The molecule has 0 unspecified atom stereocenters. The second-order valence-corrected chi connectivity index (χ2v) is 44.8. The van der Waals surface area contributed by atoms with E-state index in [9.17, 15) is 0 Å². The molecule has 0 radical (unpaired) electrons. The van der Waals surface area contributed by atoms with Crippen LogP contribution in [0.15, 0.2) is 97.1 Å². The van der Waals surface area contributed by atoms with Gasteiger partial charge >= 0.3 is 49.6 Å². The molecule has 2 aliphatic heterocycles. The Morgan fingerprint density at radius 3 is 1.21 bits per heavy atom. The quantitative estimate of drug-likeness (QED) is 0.0636. The van der Waals surface area contributed by atoms with Gasteiger partial charge in [0.1, 0.15) is 14.1 Å². The molecule has 4 aromatic carbocycles. The summed E-state index contributed by atoms with van der Waals surface area (Å²) in [5, 5.41) is 0. The van der Waals surface area contributed by atoms with Crippen LogP contribution in [0.4, 0.5) is 22.7 Å². The van der Waals surface area contributed by atoms with Crippen LogP contribution >= 0.6 is 38.8 Å². The molecule has 6 nitrogen and oxygen atoms in total. The predicted octanol–water partition coefficient (Wildman–Crippen LogP) is 13.9. The molecule has 0 fully saturated rings. The van der Waals surface area contributed by atoms with Crippen molar-refractivity contribution in [3.05, 3.63) is 130 Å². The van der Waals surface area contributed by atoms with E-state index in [-0.39, 0.29) is 10.8 Å². The molecule has 2 aliphatic rings. The SMILES string of the molecule is CCOCCN(CC)c1ccc(/C=C/C2=[N+](C)c3ccccc3C2(C)C)c(C)c1.CCOCCN(CC)c1ccc(/C=C/C2=[N+](C)c3ccccc3C2(C)C)c(C)c1.[Cl][Zn-2]([Cl])([Cl])[Cl]. The van der Waals surface area contributed by atoms with E-state index in [1.54, 1.807) is 0 Å². The fourth-order valence-corrected chi connectivity index (χ4v) is 8.61. The van der Waals surface area contributed by atoms with Crippen LogP contribution in [0.2, 0.25) is 0 Å². The van der Waals surface area contributed by atoms with Crippen LogP contribution in [0.1, 0.15) is 88.8 Å². The molecule has 6 rings (SSSR count). The molecule has 4 aromatic rings. The topological polar surface area (TPSA) is 31.0 Å². The van der Waals surface area contributed by atoms with Gasteiger partial charge in [0.15, 0.2) is 11.4 Å². The monoisotopic (exact) mass is 986 g/mol. The maximum absolute atomic E-state index is 5.53. The standard InChI is InChI=1S/2C26H35N2O.4ClH.Zn/c2*1-7-28(17-18-29-8-2)22-15-13-21(20(3)19-22)14-16-25-26(4,5)23-11-9-10-12-24(23)27(25)6;;;;;/h2*9-16,19H,7-8,17-18H2,1-6H3;4*1H;/q2*+1;;;;;+2/p-4. The zero-order valence-electron chi connectivity index (χ0n) is 39.9. The minimum atomic E-state index is -3.36. The van der Waals surface area contributed by atoms with Gasteiger partial charge in [0.25, 0.3) is 0 Å². The van der Waals surface area contributed by atoms with Crippen molar-refractivity contribution < 1.29 is 29.4 Å². The average molecular weight is 990 g/mol. The number of hydrogen-bond acceptors (Lipinski definition) is 4. The Balaban J connectivity index is 0.000000250. The normalized spacial score (nSPS) is 15.0. The number of aryl methyl sites for hydroxylation is 2. The summed E-state index contributed by atoms with van der Waals surface area (Å²) in [5.74, 6) is 0. The molecule has 0 atom stereocenters. The minimum absolute atomic E-state index is 0.00791. The van der Waals surface area contributed by atoms with E-state index in [2.05, 4.69) is 198 Å². The first-order chi connectivity index (χ1) is 29.8. The van der Waals surface area contributed by atoms with Crippen molar-refractivity contribution in [2.24, 2.45) is 0 Å². The third-order valence-electron chi connectivity index (χ3n) is 12.1. The number of benzene rings is 4. The van der Waals surface area contributed by atoms with Gasteiger partial charge in [-0.1, -0.05) is 48.5 Å². The molecular weight excluding hydrogens is 920 g/mol. The van der Waals surface area contributed by atoms with E-state index in [0.29, 0.717) is 0 Å². The molecule has 0 saturated heterocycles. The number of fused-ring (bicyclic) bond motifs is 2. The zero-order chi connectivity index (χ0) is 46.5.